The highest BCUT2D eigenvalue weighted by atomic mass is 79.9. The van der Waals surface area contributed by atoms with Gasteiger partial charge in [0.05, 0.1) is 31.5 Å². The lowest BCUT2D eigenvalue weighted by Gasteiger charge is -2.14. The molecular weight excluding hydrogens is 536 g/mol. The first kappa shape index (κ1) is 26.0. The van der Waals surface area contributed by atoms with Crippen molar-refractivity contribution in [1.82, 2.24) is 5.43 Å². The average Bonchev–Trinajstić information content (AvgIpc) is 2.92. The number of halogens is 1. The zero-order valence-corrected chi connectivity index (χ0v) is 22.4. The third-order valence-electron chi connectivity index (χ3n) is 5.61. The van der Waals surface area contributed by atoms with Crippen LogP contribution >= 0.6 is 15.9 Å². The Morgan fingerprint density at radius 2 is 1.70 bits per heavy atom. The van der Waals surface area contributed by atoms with Crippen LogP contribution in [-0.2, 0) is 6.61 Å². The number of hydrogen-bond donors (Lipinski definition) is 1. The molecule has 0 aliphatic heterocycles. The van der Waals surface area contributed by atoms with Crippen molar-refractivity contribution in [2.45, 2.75) is 13.5 Å². The Balaban J connectivity index is 1.46. The van der Waals surface area contributed by atoms with Crippen LogP contribution in [0.1, 0.15) is 28.4 Å². The Bertz CT molecular complexity index is 1430. The van der Waals surface area contributed by atoms with E-state index in [1.54, 1.807) is 38.5 Å². The van der Waals surface area contributed by atoms with Crippen LogP contribution in [0.5, 0.6) is 23.0 Å². The van der Waals surface area contributed by atoms with E-state index in [0.29, 0.717) is 51.8 Å². The van der Waals surface area contributed by atoms with E-state index < -0.39 is 0 Å². The molecule has 4 aromatic carbocycles. The van der Waals surface area contributed by atoms with E-state index in [4.69, 9.17) is 18.9 Å². The van der Waals surface area contributed by atoms with Crippen LogP contribution in [-0.4, -0.2) is 32.9 Å². The number of benzene rings is 4. The highest BCUT2D eigenvalue weighted by Crippen LogP contribution is 2.37. The molecule has 0 radical (unpaired) electrons. The van der Waals surface area contributed by atoms with Crippen LogP contribution in [0.2, 0.25) is 0 Å². The molecule has 0 aliphatic carbocycles. The molecule has 0 saturated heterocycles. The normalized spacial score (nSPS) is 10.9. The van der Waals surface area contributed by atoms with Crippen molar-refractivity contribution in [1.29, 1.82) is 0 Å². The van der Waals surface area contributed by atoms with E-state index in [1.165, 1.54) is 6.21 Å². The van der Waals surface area contributed by atoms with Gasteiger partial charge in [-0.15, -0.1) is 0 Å². The molecule has 0 aliphatic rings. The summed E-state index contributed by atoms with van der Waals surface area (Å²) < 4.78 is 23.2. The summed E-state index contributed by atoms with van der Waals surface area (Å²) in [6.07, 6.45) is 1.53. The summed E-state index contributed by atoms with van der Waals surface area (Å²) in [6.45, 7) is 2.70. The van der Waals surface area contributed by atoms with Gasteiger partial charge in [0.15, 0.2) is 23.0 Å². The molecule has 0 aromatic heterocycles. The van der Waals surface area contributed by atoms with Crippen LogP contribution in [0.3, 0.4) is 0 Å². The topological polar surface area (TPSA) is 78.4 Å². The largest absolute Gasteiger partial charge is 0.493 e. The summed E-state index contributed by atoms with van der Waals surface area (Å²) in [4.78, 5) is 12.6. The maximum Gasteiger partial charge on any atom is 0.271 e. The zero-order chi connectivity index (χ0) is 26.2. The van der Waals surface area contributed by atoms with Crippen molar-refractivity contribution in [3.8, 4) is 23.0 Å². The second kappa shape index (κ2) is 12.3. The van der Waals surface area contributed by atoms with Crippen molar-refractivity contribution in [3.63, 3.8) is 0 Å². The predicted molar refractivity (Wildman–Crippen MR) is 148 cm³/mol. The molecule has 4 rings (SSSR count). The number of rotatable bonds is 10. The quantitative estimate of drug-likeness (QED) is 0.180. The molecule has 8 heteroatoms. The Kier molecular flexibility index (Phi) is 8.64. The van der Waals surface area contributed by atoms with Crippen molar-refractivity contribution in [3.05, 3.63) is 94.0 Å². The Hall–Kier alpha value is -4.04. The van der Waals surface area contributed by atoms with Gasteiger partial charge in [0.2, 0.25) is 0 Å². The van der Waals surface area contributed by atoms with E-state index in [-0.39, 0.29) is 5.91 Å². The van der Waals surface area contributed by atoms with Crippen LogP contribution < -0.4 is 24.4 Å². The number of methoxy groups -OCH3 is 2. The van der Waals surface area contributed by atoms with E-state index in [0.717, 1.165) is 16.3 Å². The summed E-state index contributed by atoms with van der Waals surface area (Å²) in [5, 5.41) is 6.40. The number of hydrazone groups is 1. The van der Waals surface area contributed by atoms with E-state index in [2.05, 4.69) is 44.7 Å². The molecule has 1 amide bonds. The first-order valence-corrected chi connectivity index (χ1v) is 12.4. The molecule has 0 heterocycles. The molecule has 0 unspecified atom stereocenters. The minimum absolute atomic E-state index is 0.374. The van der Waals surface area contributed by atoms with Gasteiger partial charge in [0.25, 0.3) is 5.91 Å². The van der Waals surface area contributed by atoms with Gasteiger partial charge in [0, 0.05) is 5.56 Å². The highest BCUT2D eigenvalue weighted by Gasteiger charge is 2.13. The lowest BCUT2D eigenvalue weighted by atomic mass is 10.1. The zero-order valence-electron chi connectivity index (χ0n) is 20.8. The molecule has 0 atom stereocenters. The Morgan fingerprint density at radius 1 is 0.919 bits per heavy atom. The Labute approximate surface area is 224 Å². The van der Waals surface area contributed by atoms with Crippen molar-refractivity contribution in [2.75, 3.05) is 20.8 Å². The number of ether oxygens (including phenoxy) is 4. The molecule has 1 N–H and O–H groups in total. The van der Waals surface area contributed by atoms with Gasteiger partial charge >= 0.3 is 0 Å². The van der Waals surface area contributed by atoms with Gasteiger partial charge in [-0.25, -0.2) is 5.43 Å². The monoisotopic (exact) mass is 562 g/mol. The highest BCUT2D eigenvalue weighted by molar-refractivity contribution is 9.10. The van der Waals surface area contributed by atoms with Gasteiger partial charge in [-0.05, 0) is 75.1 Å². The van der Waals surface area contributed by atoms with E-state index in [1.807, 2.05) is 37.3 Å². The van der Waals surface area contributed by atoms with Crippen LogP contribution in [0.15, 0.2) is 82.4 Å². The Morgan fingerprint density at radius 3 is 2.49 bits per heavy atom. The molecule has 7 nitrogen and oxygen atoms in total. The number of carbonyl (C=O) groups is 1. The second-order valence-electron chi connectivity index (χ2n) is 7.96. The van der Waals surface area contributed by atoms with Crippen molar-refractivity contribution < 1.29 is 23.7 Å². The fourth-order valence-corrected chi connectivity index (χ4v) is 4.41. The van der Waals surface area contributed by atoms with Crippen LogP contribution in [0.4, 0.5) is 0 Å². The third-order valence-corrected chi connectivity index (χ3v) is 6.20. The van der Waals surface area contributed by atoms with Crippen LogP contribution in [0.25, 0.3) is 10.8 Å². The molecule has 0 spiro atoms. The molecule has 190 valence electrons. The van der Waals surface area contributed by atoms with Crippen molar-refractivity contribution >= 4 is 38.8 Å². The minimum Gasteiger partial charge on any atom is -0.493 e. The fourth-order valence-electron chi connectivity index (χ4n) is 3.84. The summed E-state index contributed by atoms with van der Waals surface area (Å²) in [6, 6.07) is 22.9. The first-order valence-electron chi connectivity index (χ1n) is 11.6. The summed E-state index contributed by atoms with van der Waals surface area (Å²) >= 11 is 3.58. The molecule has 0 fully saturated rings. The number of carbonyl (C=O) groups excluding carboxylic acids is 1. The lowest BCUT2D eigenvalue weighted by molar-refractivity contribution is 0.0954. The van der Waals surface area contributed by atoms with E-state index in [9.17, 15) is 4.79 Å². The molecule has 37 heavy (non-hydrogen) atoms. The summed E-state index contributed by atoms with van der Waals surface area (Å²) in [7, 11) is 3.13. The first-order chi connectivity index (χ1) is 18.0. The predicted octanol–water partition coefficient (Wildman–Crippen LogP) is 6.36. The standard InChI is InChI=1S/C29H27BrN2O5/c1-4-36-26-16-21(12-13-25(26)34-2)29(33)32-31-17-19-14-24(30)28(27(15-19)35-3)37-18-22-10-7-9-20-8-5-6-11-23(20)22/h5-17H,4,18H2,1-3H3,(H,32,33)/b31-17+. The maximum absolute atomic E-state index is 12.6. The lowest BCUT2D eigenvalue weighted by Crippen LogP contribution is -2.17. The molecular formula is C29H27BrN2O5. The third kappa shape index (κ3) is 6.21. The molecule has 0 saturated carbocycles. The average molecular weight is 563 g/mol. The number of hydrogen-bond acceptors (Lipinski definition) is 6. The fraction of sp³-hybridized carbons (Fsp3) is 0.172. The van der Waals surface area contributed by atoms with Gasteiger partial charge in [-0.2, -0.15) is 5.10 Å². The smallest absolute Gasteiger partial charge is 0.271 e. The maximum atomic E-state index is 12.6. The van der Waals surface area contributed by atoms with Gasteiger partial charge in [0.1, 0.15) is 6.61 Å². The van der Waals surface area contributed by atoms with Gasteiger partial charge in [-0.1, -0.05) is 42.5 Å². The second-order valence-corrected chi connectivity index (χ2v) is 8.81. The number of nitrogens with zero attached hydrogens (tertiary/aromatic N) is 1. The molecule has 4 aromatic rings. The SMILES string of the molecule is CCOc1cc(C(=O)N/N=C/c2cc(Br)c(OCc3cccc4ccccc34)c(OC)c2)ccc1OC. The summed E-state index contributed by atoms with van der Waals surface area (Å²) in [5.74, 6) is 1.80. The molecule has 0 bridgehead atoms. The van der Waals surface area contributed by atoms with Gasteiger partial charge < -0.3 is 18.9 Å². The minimum atomic E-state index is -0.374. The summed E-state index contributed by atoms with van der Waals surface area (Å²) in [5.41, 5.74) is 4.73. The number of fused-ring (bicyclic) bond motifs is 1. The van der Waals surface area contributed by atoms with Crippen LogP contribution in [0, 0.1) is 0 Å². The number of nitrogens with one attached hydrogen (secondary N) is 1. The van der Waals surface area contributed by atoms with Crippen molar-refractivity contribution in [2.24, 2.45) is 5.10 Å². The van der Waals surface area contributed by atoms with Gasteiger partial charge in [-0.3, -0.25) is 4.79 Å². The van der Waals surface area contributed by atoms with E-state index >= 15 is 0 Å². The number of amides is 1.